The van der Waals surface area contributed by atoms with Gasteiger partial charge in [0.15, 0.2) is 0 Å². The van der Waals surface area contributed by atoms with Crippen molar-refractivity contribution in [3.8, 4) is 0 Å². The van der Waals surface area contributed by atoms with E-state index in [1.807, 2.05) is 24.3 Å². The first kappa shape index (κ1) is 16.5. The molecule has 25 heavy (non-hydrogen) atoms. The molecule has 0 atom stereocenters. The Hall–Kier alpha value is -1.95. The van der Waals surface area contributed by atoms with Crippen molar-refractivity contribution in [2.75, 3.05) is 26.3 Å². The fourth-order valence-corrected chi connectivity index (χ4v) is 3.45. The molecule has 0 spiro atoms. The van der Waals surface area contributed by atoms with E-state index in [4.69, 9.17) is 21.3 Å². The normalized spacial score (nSPS) is 15.8. The van der Waals surface area contributed by atoms with Crippen LogP contribution >= 0.6 is 11.6 Å². The second-order valence-electron chi connectivity index (χ2n) is 6.19. The second kappa shape index (κ2) is 7.12. The van der Waals surface area contributed by atoms with E-state index in [0.29, 0.717) is 23.7 Å². The summed E-state index contributed by atoms with van der Waals surface area (Å²) in [5, 5.41) is 0.440. The monoisotopic (exact) mass is 359 g/mol. The number of morpholine rings is 1. The van der Waals surface area contributed by atoms with Gasteiger partial charge in [0.05, 0.1) is 37.3 Å². The van der Waals surface area contributed by atoms with Gasteiger partial charge in [-0.1, -0.05) is 29.8 Å². The Morgan fingerprint density at radius 3 is 2.64 bits per heavy atom. The highest BCUT2D eigenvalue weighted by Gasteiger charge is 2.18. The maximum atomic E-state index is 14.3. The molecule has 0 N–H and O–H groups in total. The number of nitrogens with zero attached hydrogens (tertiary/aromatic N) is 3. The van der Waals surface area contributed by atoms with Crippen molar-refractivity contribution >= 4 is 22.6 Å². The lowest BCUT2D eigenvalue weighted by Crippen LogP contribution is -2.36. The number of hydrogen-bond acceptors (Lipinski definition) is 3. The molecule has 2 aromatic carbocycles. The van der Waals surface area contributed by atoms with Crippen LogP contribution in [0.1, 0.15) is 11.4 Å². The highest BCUT2D eigenvalue weighted by Crippen LogP contribution is 2.24. The highest BCUT2D eigenvalue weighted by atomic mass is 35.5. The minimum Gasteiger partial charge on any atom is -0.379 e. The Labute approximate surface area is 150 Å². The molecule has 0 unspecified atom stereocenters. The number of aromatic nitrogens is 2. The molecule has 0 radical (unpaired) electrons. The van der Waals surface area contributed by atoms with Crippen LogP contribution in [0.5, 0.6) is 0 Å². The fourth-order valence-electron chi connectivity index (χ4n) is 3.22. The molecule has 1 aromatic heterocycles. The van der Waals surface area contributed by atoms with Crippen molar-refractivity contribution < 1.29 is 9.13 Å². The summed E-state index contributed by atoms with van der Waals surface area (Å²) in [6.07, 6.45) is 0. The molecule has 6 heteroatoms. The summed E-state index contributed by atoms with van der Waals surface area (Å²) in [5.74, 6) is 0.630. The Bertz CT molecular complexity index is 869. The van der Waals surface area contributed by atoms with Crippen molar-refractivity contribution in [2.45, 2.75) is 13.1 Å². The summed E-state index contributed by atoms with van der Waals surface area (Å²) in [7, 11) is 0. The molecule has 3 aromatic rings. The third kappa shape index (κ3) is 3.40. The van der Waals surface area contributed by atoms with E-state index in [1.165, 1.54) is 6.07 Å². The van der Waals surface area contributed by atoms with E-state index >= 15 is 0 Å². The second-order valence-corrected chi connectivity index (χ2v) is 6.60. The third-order valence-corrected chi connectivity index (χ3v) is 4.93. The van der Waals surface area contributed by atoms with Gasteiger partial charge in [-0.3, -0.25) is 4.90 Å². The molecule has 130 valence electrons. The average Bonchev–Trinajstić information content (AvgIpc) is 2.96. The first-order valence-electron chi connectivity index (χ1n) is 8.39. The number of rotatable bonds is 4. The number of ether oxygens (including phenoxy) is 1. The van der Waals surface area contributed by atoms with Crippen LogP contribution < -0.4 is 0 Å². The van der Waals surface area contributed by atoms with Crippen LogP contribution in [0.15, 0.2) is 42.5 Å². The molecular formula is C19H19ClFN3O. The number of halogens is 2. The van der Waals surface area contributed by atoms with Crippen molar-refractivity contribution in [1.82, 2.24) is 14.5 Å². The number of fused-ring (bicyclic) bond motifs is 1. The van der Waals surface area contributed by atoms with E-state index in [0.717, 1.165) is 43.2 Å². The predicted octanol–water partition coefficient (Wildman–Crippen LogP) is 3.71. The van der Waals surface area contributed by atoms with Crippen molar-refractivity contribution in [2.24, 2.45) is 0 Å². The van der Waals surface area contributed by atoms with Gasteiger partial charge >= 0.3 is 0 Å². The van der Waals surface area contributed by atoms with Crippen molar-refractivity contribution in [3.63, 3.8) is 0 Å². The zero-order chi connectivity index (χ0) is 17.2. The SMILES string of the molecule is Fc1cccc(Cl)c1Cn1c(CN2CCOCC2)nc2ccccc21. The molecule has 1 saturated heterocycles. The Balaban J connectivity index is 1.74. The van der Waals surface area contributed by atoms with Gasteiger partial charge in [-0.15, -0.1) is 0 Å². The molecule has 1 aliphatic rings. The number of imidazole rings is 1. The van der Waals surface area contributed by atoms with Crippen LogP contribution in [0.25, 0.3) is 11.0 Å². The molecule has 0 aliphatic carbocycles. The molecular weight excluding hydrogens is 341 g/mol. The number of benzene rings is 2. The van der Waals surface area contributed by atoms with Gasteiger partial charge in [0, 0.05) is 23.7 Å². The summed E-state index contributed by atoms with van der Waals surface area (Å²) in [6.45, 7) is 4.31. The van der Waals surface area contributed by atoms with Gasteiger partial charge < -0.3 is 9.30 Å². The summed E-state index contributed by atoms with van der Waals surface area (Å²) in [4.78, 5) is 7.09. The highest BCUT2D eigenvalue weighted by molar-refractivity contribution is 6.31. The van der Waals surface area contributed by atoms with Gasteiger partial charge in [-0.05, 0) is 24.3 Å². The van der Waals surface area contributed by atoms with Gasteiger partial charge in [0.1, 0.15) is 11.6 Å². The first-order chi connectivity index (χ1) is 12.2. The summed E-state index contributed by atoms with van der Waals surface area (Å²) < 4.78 is 21.8. The van der Waals surface area contributed by atoms with Crippen LogP contribution in [0.3, 0.4) is 0 Å². The lowest BCUT2D eigenvalue weighted by molar-refractivity contribution is 0.0327. The lowest BCUT2D eigenvalue weighted by atomic mass is 10.2. The average molecular weight is 360 g/mol. The third-order valence-electron chi connectivity index (χ3n) is 4.58. The molecule has 0 bridgehead atoms. The van der Waals surface area contributed by atoms with E-state index in [9.17, 15) is 4.39 Å². The van der Waals surface area contributed by atoms with Crippen LogP contribution in [-0.2, 0) is 17.8 Å². The molecule has 0 saturated carbocycles. The largest absolute Gasteiger partial charge is 0.379 e. The first-order valence-corrected chi connectivity index (χ1v) is 8.77. The molecule has 1 aliphatic heterocycles. The standard InChI is InChI=1S/C19H19ClFN3O/c20-15-4-3-5-16(21)14(15)12-24-18-7-2-1-6-17(18)22-19(24)13-23-8-10-25-11-9-23/h1-7H,8-13H2. The van der Waals surface area contributed by atoms with Crippen LogP contribution in [-0.4, -0.2) is 40.8 Å². The molecule has 2 heterocycles. The zero-order valence-corrected chi connectivity index (χ0v) is 14.5. The zero-order valence-electron chi connectivity index (χ0n) is 13.8. The lowest BCUT2D eigenvalue weighted by Gasteiger charge is -2.26. The van der Waals surface area contributed by atoms with Crippen molar-refractivity contribution in [3.05, 3.63) is 64.7 Å². The summed E-state index contributed by atoms with van der Waals surface area (Å²) in [6, 6.07) is 12.7. The molecule has 1 fully saturated rings. The van der Waals surface area contributed by atoms with Gasteiger partial charge in [-0.2, -0.15) is 0 Å². The van der Waals surface area contributed by atoms with Crippen LogP contribution in [0.4, 0.5) is 4.39 Å². The van der Waals surface area contributed by atoms with Gasteiger partial charge in [-0.25, -0.2) is 9.37 Å². The quantitative estimate of drug-likeness (QED) is 0.711. The number of para-hydroxylation sites is 2. The maximum Gasteiger partial charge on any atom is 0.129 e. The van der Waals surface area contributed by atoms with E-state index < -0.39 is 0 Å². The van der Waals surface area contributed by atoms with Gasteiger partial charge in [0.25, 0.3) is 0 Å². The smallest absolute Gasteiger partial charge is 0.129 e. The molecule has 4 nitrogen and oxygen atoms in total. The van der Waals surface area contributed by atoms with E-state index in [2.05, 4.69) is 9.47 Å². The predicted molar refractivity (Wildman–Crippen MR) is 96.3 cm³/mol. The summed E-state index contributed by atoms with van der Waals surface area (Å²) >= 11 is 6.24. The topological polar surface area (TPSA) is 30.3 Å². The molecule has 0 amide bonds. The van der Waals surface area contributed by atoms with Crippen LogP contribution in [0, 0.1) is 5.82 Å². The van der Waals surface area contributed by atoms with E-state index in [-0.39, 0.29) is 5.82 Å². The number of hydrogen-bond donors (Lipinski definition) is 0. The minimum atomic E-state index is -0.289. The maximum absolute atomic E-state index is 14.3. The summed E-state index contributed by atoms with van der Waals surface area (Å²) in [5.41, 5.74) is 2.40. The molecule has 4 rings (SSSR count). The Morgan fingerprint density at radius 1 is 1.04 bits per heavy atom. The van der Waals surface area contributed by atoms with Crippen molar-refractivity contribution in [1.29, 1.82) is 0 Å². The Kier molecular flexibility index (Phi) is 4.70. The Morgan fingerprint density at radius 2 is 1.84 bits per heavy atom. The van der Waals surface area contributed by atoms with Gasteiger partial charge in [0.2, 0.25) is 0 Å². The van der Waals surface area contributed by atoms with E-state index in [1.54, 1.807) is 12.1 Å². The van der Waals surface area contributed by atoms with Crippen LogP contribution in [0.2, 0.25) is 5.02 Å². The fraction of sp³-hybridized carbons (Fsp3) is 0.316. The minimum absolute atomic E-state index is 0.289.